The van der Waals surface area contributed by atoms with E-state index in [1.54, 1.807) is 6.07 Å². The Labute approximate surface area is 90.8 Å². The number of alkyl halides is 2. The van der Waals surface area contributed by atoms with Crippen LogP contribution in [-0.4, -0.2) is 19.3 Å². The highest BCUT2D eigenvalue weighted by atomic mass is 35.5. The van der Waals surface area contributed by atoms with Crippen LogP contribution in [0.15, 0.2) is 18.2 Å². The van der Waals surface area contributed by atoms with Crippen molar-refractivity contribution in [1.82, 2.24) is 0 Å². The summed E-state index contributed by atoms with van der Waals surface area (Å²) in [7, 11) is 1.40. The van der Waals surface area contributed by atoms with Gasteiger partial charge in [-0.05, 0) is 18.2 Å². The average molecular weight is 235 g/mol. The van der Waals surface area contributed by atoms with Crippen LogP contribution in [-0.2, 0) is 11.2 Å². The molecule has 0 bridgehead atoms. The zero-order valence-corrected chi connectivity index (χ0v) is 8.72. The Morgan fingerprint density at radius 2 is 2.20 bits per heavy atom. The van der Waals surface area contributed by atoms with Gasteiger partial charge in [0.1, 0.15) is 5.75 Å². The van der Waals surface area contributed by atoms with Gasteiger partial charge in [-0.1, -0.05) is 11.6 Å². The Hall–Kier alpha value is -1.16. The van der Waals surface area contributed by atoms with Crippen LogP contribution in [0.25, 0.3) is 0 Å². The molecular formula is C10H9ClF2O2. The van der Waals surface area contributed by atoms with Gasteiger partial charge in [-0.3, -0.25) is 4.79 Å². The molecule has 82 valence electrons. The average Bonchev–Trinajstić information content (AvgIpc) is 2.18. The highest BCUT2D eigenvalue weighted by Gasteiger charge is 2.17. The normalized spacial score (nSPS) is 10.5. The fraction of sp³-hybridized carbons (Fsp3) is 0.300. The van der Waals surface area contributed by atoms with Gasteiger partial charge in [0.25, 0.3) is 6.43 Å². The molecule has 0 aliphatic rings. The number of carbonyl (C=O) groups excluding carboxylic acids is 1. The monoisotopic (exact) mass is 234 g/mol. The number of ether oxygens (including phenoxy) is 1. The van der Waals surface area contributed by atoms with E-state index in [2.05, 4.69) is 0 Å². The lowest BCUT2D eigenvalue weighted by atomic mass is 10.1. The number of rotatable bonds is 4. The van der Waals surface area contributed by atoms with Crippen molar-refractivity contribution < 1.29 is 18.3 Å². The van der Waals surface area contributed by atoms with E-state index in [1.165, 1.54) is 19.2 Å². The maximum absolute atomic E-state index is 12.0. The minimum atomic E-state index is -2.96. The van der Waals surface area contributed by atoms with Gasteiger partial charge in [-0.25, -0.2) is 8.78 Å². The third-order valence-electron chi connectivity index (χ3n) is 1.85. The third-order valence-corrected chi connectivity index (χ3v) is 2.09. The van der Waals surface area contributed by atoms with Crippen LogP contribution in [0.5, 0.6) is 5.75 Å². The number of carbonyl (C=O) groups is 1. The third kappa shape index (κ3) is 3.16. The molecule has 1 aromatic rings. The van der Waals surface area contributed by atoms with Crippen LogP contribution in [0.1, 0.15) is 5.56 Å². The number of Topliss-reactive ketones (excluding diaryl/α,β-unsaturated/α-hetero) is 1. The fourth-order valence-electron chi connectivity index (χ4n) is 1.15. The van der Waals surface area contributed by atoms with Gasteiger partial charge in [0.15, 0.2) is 0 Å². The number of ketones is 1. The zero-order chi connectivity index (χ0) is 11.4. The number of methoxy groups -OCH3 is 1. The molecule has 0 atom stereocenters. The van der Waals surface area contributed by atoms with Gasteiger partial charge in [0.05, 0.1) is 7.11 Å². The molecule has 0 spiro atoms. The van der Waals surface area contributed by atoms with Crippen molar-refractivity contribution in [1.29, 1.82) is 0 Å². The molecule has 0 amide bonds. The molecule has 0 unspecified atom stereocenters. The first-order valence-electron chi connectivity index (χ1n) is 4.18. The molecule has 0 aliphatic carbocycles. The van der Waals surface area contributed by atoms with Crippen LogP contribution in [0.2, 0.25) is 5.02 Å². The summed E-state index contributed by atoms with van der Waals surface area (Å²) in [4.78, 5) is 10.8. The second-order valence-corrected chi connectivity index (χ2v) is 3.34. The van der Waals surface area contributed by atoms with Crippen molar-refractivity contribution in [3.05, 3.63) is 28.8 Å². The van der Waals surface area contributed by atoms with Crippen molar-refractivity contribution in [2.45, 2.75) is 12.8 Å². The number of hydrogen-bond donors (Lipinski definition) is 0. The summed E-state index contributed by atoms with van der Waals surface area (Å²) in [5.41, 5.74) is 0.371. The Kier molecular flexibility index (Phi) is 4.03. The van der Waals surface area contributed by atoms with E-state index in [0.29, 0.717) is 16.3 Å². The molecule has 0 N–H and O–H groups in total. The van der Waals surface area contributed by atoms with Crippen LogP contribution in [0.4, 0.5) is 8.78 Å². The summed E-state index contributed by atoms with van der Waals surface area (Å²) in [5.74, 6) is -0.760. The molecule has 5 heteroatoms. The van der Waals surface area contributed by atoms with E-state index >= 15 is 0 Å². The minimum absolute atomic E-state index is 0.371. The van der Waals surface area contributed by atoms with Gasteiger partial charge in [0, 0.05) is 17.0 Å². The highest BCUT2D eigenvalue weighted by molar-refractivity contribution is 6.30. The summed E-state index contributed by atoms with van der Waals surface area (Å²) in [6, 6.07) is 4.55. The molecule has 1 aromatic carbocycles. The second-order valence-electron chi connectivity index (χ2n) is 2.90. The highest BCUT2D eigenvalue weighted by Crippen LogP contribution is 2.23. The largest absolute Gasteiger partial charge is 0.496 e. The first-order chi connectivity index (χ1) is 7.04. The van der Waals surface area contributed by atoms with Gasteiger partial charge >= 0.3 is 0 Å². The van der Waals surface area contributed by atoms with Crippen molar-refractivity contribution in [2.24, 2.45) is 0 Å². The Morgan fingerprint density at radius 3 is 2.73 bits per heavy atom. The lowest BCUT2D eigenvalue weighted by Crippen LogP contribution is -2.13. The molecule has 0 aromatic heterocycles. The van der Waals surface area contributed by atoms with E-state index < -0.39 is 12.2 Å². The molecule has 0 saturated carbocycles. The Balaban J connectivity index is 2.92. The van der Waals surface area contributed by atoms with E-state index in [9.17, 15) is 13.6 Å². The maximum atomic E-state index is 12.0. The van der Waals surface area contributed by atoms with Crippen molar-refractivity contribution in [3.8, 4) is 5.75 Å². The van der Waals surface area contributed by atoms with Crippen molar-refractivity contribution >= 4 is 17.4 Å². The Morgan fingerprint density at radius 1 is 1.53 bits per heavy atom. The molecule has 0 radical (unpaired) electrons. The quantitative estimate of drug-likeness (QED) is 0.801. The lowest BCUT2D eigenvalue weighted by Gasteiger charge is -2.07. The van der Waals surface area contributed by atoms with Crippen LogP contribution < -0.4 is 4.74 Å². The van der Waals surface area contributed by atoms with Crippen LogP contribution in [0, 0.1) is 0 Å². The maximum Gasteiger partial charge on any atom is 0.296 e. The van der Waals surface area contributed by atoms with E-state index in [4.69, 9.17) is 16.3 Å². The van der Waals surface area contributed by atoms with Crippen LogP contribution >= 0.6 is 11.6 Å². The molecule has 0 saturated heterocycles. The predicted octanol–water partition coefficient (Wildman–Crippen LogP) is 2.73. The van der Waals surface area contributed by atoms with E-state index in [1.807, 2.05) is 0 Å². The topological polar surface area (TPSA) is 26.3 Å². The number of hydrogen-bond acceptors (Lipinski definition) is 2. The summed E-state index contributed by atoms with van der Waals surface area (Å²) in [6.45, 7) is 0. The smallest absolute Gasteiger partial charge is 0.296 e. The summed E-state index contributed by atoms with van der Waals surface area (Å²) < 4.78 is 29.0. The number of benzene rings is 1. The SMILES string of the molecule is COc1ccc(Cl)cc1CC(=O)C(F)F. The molecule has 0 fully saturated rings. The summed E-state index contributed by atoms with van der Waals surface area (Å²) >= 11 is 5.68. The minimum Gasteiger partial charge on any atom is -0.496 e. The van der Waals surface area contributed by atoms with Gasteiger partial charge < -0.3 is 4.74 Å². The second kappa shape index (κ2) is 5.07. The predicted molar refractivity (Wildman–Crippen MR) is 52.7 cm³/mol. The van der Waals surface area contributed by atoms with Gasteiger partial charge in [0.2, 0.25) is 5.78 Å². The van der Waals surface area contributed by atoms with Crippen LogP contribution in [0.3, 0.4) is 0 Å². The molecule has 1 rings (SSSR count). The standard InChI is InChI=1S/C10H9ClF2O2/c1-15-9-3-2-7(11)4-6(9)5-8(14)10(12)13/h2-4,10H,5H2,1H3. The first-order valence-corrected chi connectivity index (χ1v) is 4.55. The van der Waals surface area contributed by atoms with Crippen molar-refractivity contribution in [3.63, 3.8) is 0 Å². The molecule has 0 aliphatic heterocycles. The van der Waals surface area contributed by atoms with E-state index in [0.717, 1.165) is 0 Å². The lowest BCUT2D eigenvalue weighted by molar-refractivity contribution is -0.128. The van der Waals surface area contributed by atoms with Crippen molar-refractivity contribution in [2.75, 3.05) is 7.11 Å². The molecule has 2 nitrogen and oxygen atoms in total. The van der Waals surface area contributed by atoms with Gasteiger partial charge in [-0.15, -0.1) is 0 Å². The molecule has 0 heterocycles. The first kappa shape index (κ1) is 11.9. The van der Waals surface area contributed by atoms with Gasteiger partial charge in [-0.2, -0.15) is 0 Å². The molecular weight excluding hydrogens is 226 g/mol. The van der Waals surface area contributed by atoms with E-state index in [-0.39, 0.29) is 6.42 Å². The summed E-state index contributed by atoms with van der Waals surface area (Å²) in [5, 5.41) is 0.382. The zero-order valence-electron chi connectivity index (χ0n) is 7.97. The Bertz CT molecular complexity index is 366. The summed E-state index contributed by atoms with van der Waals surface area (Å²) in [6.07, 6.45) is -3.34. The molecule has 15 heavy (non-hydrogen) atoms. The number of halogens is 3. The fourth-order valence-corrected chi connectivity index (χ4v) is 1.34.